The van der Waals surface area contributed by atoms with Crippen molar-refractivity contribution in [1.82, 2.24) is 4.90 Å². The fourth-order valence-electron chi connectivity index (χ4n) is 2.51. The number of nitrogens with two attached hydrogens (primary N) is 1. The average Bonchev–Trinajstić information content (AvgIpc) is 2.38. The molecule has 0 radical (unpaired) electrons. The molecule has 0 bridgehead atoms. The Hall–Kier alpha value is -1.62. The molecule has 2 rings (SSSR count). The summed E-state index contributed by atoms with van der Waals surface area (Å²) in [6.07, 6.45) is 0. The Labute approximate surface area is 113 Å². The molecule has 1 saturated heterocycles. The van der Waals surface area contributed by atoms with Crippen molar-refractivity contribution in [3.63, 3.8) is 0 Å². The maximum absolute atomic E-state index is 13.9. The van der Waals surface area contributed by atoms with Crippen molar-refractivity contribution in [3.8, 4) is 0 Å². The van der Waals surface area contributed by atoms with Gasteiger partial charge in [0.1, 0.15) is 5.82 Å². The summed E-state index contributed by atoms with van der Waals surface area (Å²) < 4.78 is 13.9. The van der Waals surface area contributed by atoms with Crippen LogP contribution >= 0.6 is 0 Å². The highest BCUT2D eigenvalue weighted by Gasteiger charge is 2.22. The first kappa shape index (κ1) is 13.8. The van der Waals surface area contributed by atoms with Crippen LogP contribution in [0.15, 0.2) is 18.2 Å². The molecule has 4 nitrogen and oxygen atoms in total. The van der Waals surface area contributed by atoms with Gasteiger partial charge in [-0.25, -0.2) is 4.39 Å². The van der Waals surface area contributed by atoms with Gasteiger partial charge in [-0.2, -0.15) is 0 Å². The summed E-state index contributed by atoms with van der Waals surface area (Å²) >= 11 is 0. The van der Waals surface area contributed by atoms with Gasteiger partial charge in [0.25, 0.3) is 0 Å². The zero-order valence-electron chi connectivity index (χ0n) is 11.4. The number of halogens is 1. The maximum atomic E-state index is 13.9. The molecule has 104 valence electrons. The molecular weight excluding hydrogens is 245 g/mol. The SMILES string of the molecule is CC(=O)N1CCN(c2cccc(F)c2[C@H](C)N)CC1. The zero-order chi connectivity index (χ0) is 14.0. The van der Waals surface area contributed by atoms with Gasteiger partial charge >= 0.3 is 0 Å². The van der Waals surface area contributed by atoms with Gasteiger partial charge in [-0.05, 0) is 19.1 Å². The second-order valence-corrected chi connectivity index (χ2v) is 4.95. The molecule has 1 aromatic carbocycles. The zero-order valence-corrected chi connectivity index (χ0v) is 11.4. The average molecular weight is 265 g/mol. The molecule has 1 aliphatic rings. The number of carbonyl (C=O) groups is 1. The molecule has 1 atom stereocenters. The standard InChI is InChI=1S/C14H20FN3O/c1-10(16)14-12(15)4-3-5-13(14)18-8-6-17(7-9-18)11(2)19/h3-5,10H,6-9,16H2,1-2H3/t10-/m0/s1. The van der Waals surface area contributed by atoms with E-state index in [0.717, 1.165) is 5.69 Å². The summed E-state index contributed by atoms with van der Waals surface area (Å²) in [4.78, 5) is 15.2. The fourth-order valence-corrected chi connectivity index (χ4v) is 2.51. The van der Waals surface area contributed by atoms with Crippen molar-refractivity contribution in [1.29, 1.82) is 0 Å². The van der Waals surface area contributed by atoms with Gasteiger partial charge in [0.2, 0.25) is 5.91 Å². The van der Waals surface area contributed by atoms with Gasteiger partial charge in [0.15, 0.2) is 0 Å². The lowest BCUT2D eigenvalue weighted by Crippen LogP contribution is -2.48. The molecule has 1 aliphatic heterocycles. The first-order valence-corrected chi connectivity index (χ1v) is 6.55. The second-order valence-electron chi connectivity index (χ2n) is 4.95. The predicted octanol–water partition coefficient (Wildman–Crippen LogP) is 1.51. The molecule has 5 heteroatoms. The number of carbonyl (C=O) groups excluding carboxylic acids is 1. The molecule has 0 spiro atoms. The van der Waals surface area contributed by atoms with Crippen LogP contribution in [-0.2, 0) is 4.79 Å². The summed E-state index contributed by atoms with van der Waals surface area (Å²) in [5.41, 5.74) is 7.27. The molecule has 2 N–H and O–H groups in total. The van der Waals surface area contributed by atoms with E-state index in [1.54, 1.807) is 24.8 Å². The van der Waals surface area contributed by atoms with Gasteiger partial charge in [-0.1, -0.05) is 6.07 Å². The molecule has 0 saturated carbocycles. The minimum absolute atomic E-state index is 0.0892. The number of hydrogen-bond donors (Lipinski definition) is 1. The second kappa shape index (κ2) is 5.57. The van der Waals surface area contributed by atoms with Crippen LogP contribution in [0.3, 0.4) is 0 Å². The number of piperazine rings is 1. The Morgan fingerprint density at radius 3 is 2.47 bits per heavy atom. The summed E-state index contributed by atoms with van der Waals surface area (Å²) in [5.74, 6) is -0.173. The third kappa shape index (κ3) is 2.87. The van der Waals surface area contributed by atoms with Crippen LogP contribution in [0.1, 0.15) is 25.5 Å². The quantitative estimate of drug-likeness (QED) is 0.882. The Bertz CT molecular complexity index is 468. The largest absolute Gasteiger partial charge is 0.368 e. The van der Waals surface area contributed by atoms with Crippen LogP contribution in [0.4, 0.5) is 10.1 Å². The van der Waals surface area contributed by atoms with E-state index in [-0.39, 0.29) is 17.8 Å². The van der Waals surface area contributed by atoms with Crippen molar-refractivity contribution in [2.24, 2.45) is 5.73 Å². The molecule has 0 unspecified atom stereocenters. The topological polar surface area (TPSA) is 49.6 Å². The summed E-state index contributed by atoms with van der Waals surface area (Å²) in [6.45, 7) is 6.12. The molecule has 19 heavy (non-hydrogen) atoms. The van der Waals surface area contributed by atoms with Crippen LogP contribution in [0, 0.1) is 5.82 Å². The molecular formula is C14H20FN3O. The first-order valence-electron chi connectivity index (χ1n) is 6.55. The van der Waals surface area contributed by atoms with Crippen LogP contribution in [-0.4, -0.2) is 37.0 Å². The molecule has 1 heterocycles. The third-order valence-electron chi connectivity index (χ3n) is 3.55. The van der Waals surface area contributed by atoms with Crippen LogP contribution in [0.5, 0.6) is 0 Å². The van der Waals surface area contributed by atoms with E-state index in [9.17, 15) is 9.18 Å². The molecule has 1 aromatic rings. The molecule has 0 aromatic heterocycles. The number of anilines is 1. The van der Waals surface area contributed by atoms with E-state index < -0.39 is 0 Å². The Morgan fingerprint density at radius 1 is 1.32 bits per heavy atom. The number of rotatable bonds is 2. The highest BCUT2D eigenvalue weighted by molar-refractivity contribution is 5.73. The highest BCUT2D eigenvalue weighted by Crippen LogP contribution is 2.28. The smallest absolute Gasteiger partial charge is 0.219 e. The third-order valence-corrected chi connectivity index (χ3v) is 3.55. The van der Waals surface area contributed by atoms with Crippen LogP contribution < -0.4 is 10.6 Å². The van der Waals surface area contributed by atoms with Crippen molar-refractivity contribution in [2.45, 2.75) is 19.9 Å². The Balaban J connectivity index is 2.20. The minimum Gasteiger partial charge on any atom is -0.368 e. The first-order chi connectivity index (χ1) is 9.00. The van der Waals surface area contributed by atoms with E-state index in [4.69, 9.17) is 5.73 Å². The normalized spacial score (nSPS) is 17.5. The molecule has 0 aliphatic carbocycles. The van der Waals surface area contributed by atoms with Gasteiger partial charge in [0, 0.05) is 50.4 Å². The van der Waals surface area contributed by atoms with Crippen LogP contribution in [0.2, 0.25) is 0 Å². The van der Waals surface area contributed by atoms with Gasteiger partial charge in [-0.15, -0.1) is 0 Å². The number of benzene rings is 1. The fraction of sp³-hybridized carbons (Fsp3) is 0.500. The Morgan fingerprint density at radius 2 is 1.95 bits per heavy atom. The van der Waals surface area contributed by atoms with Gasteiger partial charge < -0.3 is 15.5 Å². The van der Waals surface area contributed by atoms with Crippen molar-refractivity contribution in [3.05, 3.63) is 29.6 Å². The molecule has 1 fully saturated rings. The summed E-state index contributed by atoms with van der Waals surface area (Å²) in [6, 6.07) is 4.69. The predicted molar refractivity (Wildman–Crippen MR) is 73.5 cm³/mol. The summed E-state index contributed by atoms with van der Waals surface area (Å²) in [7, 11) is 0. The molecule has 1 amide bonds. The highest BCUT2D eigenvalue weighted by atomic mass is 19.1. The lowest BCUT2D eigenvalue weighted by molar-refractivity contribution is -0.129. The van der Waals surface area contributed by atoms with Crippen LogP contribution in [0.25, 0.3) is 0 Å². The van der Waals surface area contributed by atoms with Gasteiger partial charge in [-0.3, -0.25) is 4.79 Å². The minimum atomic E-state index is -0.345. The van der Waals surface area contributed by atoms with Crippen molar-refractivity contribution in [2.75, 3.05) is 31.1 Å². The van der Waals surface area contributed by atoms with E-state index in [0.29, 0.717) is 31.7 Å². The lowest BCUT2D eigenvalue weighted by atomic mass is 10.0. The Kier molecular flexibility index (Phi) is 4.04. The van der Waals surface area contributed by atoms with Gasteiger partial charge in [0.05, 0.1) is 0 Å². The monoisotopic (exact) mass is 265 g/mol. The number of hydrogen-bond acceptors (Lipinski definition) is 3. The van der Waals surface area contributed by atoms with E-state index >= 15 is 0 Å². The van der Waals surface area contributed by atoms with Crippen molar-refractivity contribution >= 4 is 11.6 Å². The van der Waals surface area contributed by atoms with Crippen molar-refractivity contribution < 1.29 is 9.18 Å². The lowest BCUT2D eigenvalue weighted by Gasteiger charge is -2.37. The van der Waals surface area contributed by atoms with E-state index in [1.807, 2.05) is 6.07 Å². The summed E-state index contributed by atoms with van der Waals surface area (Å²) in [5, 5.41) is 0. The number of nitrogens with zero attached hydrogens (tertiary/aromatic N) is 2. The van der Waals surface area contributed by atoms with E-state index in [2.05, 4.69) is 4.90 Å². The van der Waals surface area contributed by atoms with E-state index in [1.165, 1.54) is 6.07 Å². The maximum Gasteiger partial charge on any atom is 0.219 e. The number of amides is 1.